The van der Waals surface area contributed by atoms with Gasteiger partial charge in [-0.1, -0.05) is 24.3 Å². The van der Waals surface area contributed by atoms with E-state index < -0.39 is 17.2 Å². The summed E-state index contributed by atoms with van der Waals surface area (Å²) < 4.78 is 10.4. The van der Waals surface area contributed by atoms with Crippen LogP contribution in [0.1, 0.15) is 13.8 Å². The van der Waals surface area contributed by atoms with Crippen molar-refractivity contribution in [1.82, 2.24) is 0 Å². The summed E-state index contributed by atoms with van der Waals surface area (Å²) in [7, 11) is 3.04. The second kappa shape index (κ2) is 7.70. The fourth-order valence-corrected chi connectivity index (χ4v) is 2.16. The van der Waals surface area contributed by atoms with Crippen LogP contribution in [0.3, 0.4) is 0 Å². The molecule has 0 heterocycles. The number of para-hydroxylation sites is 4. The molecule has 0 radical (unpaired) electrons. The smallest absolute Gasteiger partial charge is 0.239 e. The van der Waals surface area contributed by atoms with E-state index in [0.717, 1.165) is 0 Å². The maximum atomic E-state index is 12.6. The molecule has 2 amide bonds. The van der Waals surface area contributed by atoms with Gasteiger partial charge in [0, 0.05) is 0 Å². The lowest BCUT2D eigenvalue weighted by Crippen LogP contribution is -2.41. The lowest BCUT2D eigenvalue weighted by Gasteiger charge is -2.23. The van der Waals surface area contributed by atoms with Crippen molar-refractivity contribution in [2.24, 2.45) is 5.41 Å². The summed E-state index contributed by atoms with van der Waals surface area (Å²) in [4.78, 5) is 25.3. The highest BCUT2D eigenvalue weighted by Crippen LogP contribution is 2.29. The molecular weight excluding hydrogens is 320 g/mol. The topological polar surface area (TPSA) is 76.7 Å². The molecule has 0 saturated carbocycles. The largest absolute Gasteiger partial charge is 0.495 e. The third-order valence-corrected chi connectivity index (χ3v) is 3.85. The predicted molar refractivity (Wildman–Crippen MR) is 97.0 cm³/mol. The van der Waals surface area contributed by atoms with Gasteiger partial charge in [-0.15, -0.1) is 0 Å². The van der Waals surface area contributed by atoms with Crippen LogP contribution in [-0.4, -0.2) is 26.0 Å². The number of carbonyl (C=O) groups is 2. The van der Waals surface area contributed by atoms with Crippen LogP contribution in [0.5, 0.6) is 11.5 Å². The molecule has 0 unspecified atom stereocenters. The lowest BCUT2D eigenvalue weighted by molar-refractivity contribution is -0.135. The SMILES string of the molecule is COc1ccccc1NC(=O)C(C)(C)C(=O)Nc1ccccc1OC. The fraction of sp³-hybridized carbons (Fsp3) is 0.263. The number of methoxy groups -OCH3 is 2. The standard InChI is InChI=1S/C19H22N2O4/c1-19(2,17(22)20-13-9-5-7-11-15(13)24-3)18(23)21-14-10-6-8-12-16(14)25-4/h5-12H,1-4H3,(H,20,22)(H,21,23). The molecule has 25 heavy (non-hydrogen) atoms. The van der Waals surface area contributed by atoms with Crippen LogP contribution in [0.15, 0.2) is 48.5 Å². The maximum Gasteiger partial charge on any atom is 0.239 e. The van der Waals surface area contributed by atoms with Crippen LogP contribution in [-0.2, 0) is 9.59 Å². The first kappa shape index (κ1) is 18.3. The van der Waals surface area contributed by atoms with Gasteiger partial charge in [0.25, 0.3) is 0 Å². The van der Waals surface area contributed by atoms with E-state index >= 15 is 0 Å². The first-order chi connectivity index (χ1) is 11.9. The van der Waals surface area contributed by atoms with Crippen molar-refractivity contribution >= 4 is 23.2 Å². The van der Waals surface area contributed by atoms with E-state index in [9.17, 15) is 9.59 Å². The molecule has 2 aromatic carbocycles. The Morgan fingerprint density at radius 1 is 0.760 bits per heavy atom. The summed E-state index contributed by atoms with van der Waals surface area (Å²) in [5.74, 6) is 0.169. The molecule has 0 saturated heterocycles. The molecule has 2 N–H and O–H groups in total. The molecule has 0 aliphatic rings. The van der Waals surface area contributed by atoms with Crippen LogP contribution in [0, 0.1) is 5.41 Å². The maximum absolute atomic E-state index is 12.6. The van der Waals surface area contributed by atoms with Gasteiger partial charge in [0.1, 0.15) is 16.9 Å². The van der Waals surface area contributed by atoms with Gasteiger partial charge >= 0.3 is 0 Å². The van der Waals surface area contributed by atoms with Crippen LogP contribution in [0.4, 0.5) is 11.4 Å². The number of rotatable bonds is 6. The zero-order chi connectivity index (χ0) is 18.4. The lowest BCUT2D eigenvalue weighted by atomic mass is 9.90. The minimum Gasteiger partial charge on any atom is -0.495 e. The van der Waals surface area contributed by atoms with Gasteiger partial charge in [-0.25, -0.2) is 0 Å². The van der Waals surface area contributed by atoms with Gasteiger partial charge in [-0.2, -0.15) is 0 Å². The van der Waals surface area contributed by atoms with Crippen LogP contribution in [0.25, 0.3) is 0 Å². The van der Waals surface area contributed by atoms with E-state index in [1.54, 1.807) is 62.4 Å². The Bertz CT molecular complexity index is 708. The van der Waals surface area contributed by atoms with E-state index in [1.807, 2.05) is 0 Å². The number of hydrogen-bond donors (Lipinski definition) is 2. The second-order valence-corrected chi connectivity index (χ2v) is 5.93. The number of hydrogen-bond acceptors (Lipinski definition) is 4. The summed E-state index contributed by atoms with van der Waals surface area (Å²) in [6.07, 6.45) is 0. The van der Waals surface area contributed by atoms with Gasteiger partial charge in [-0.3, -0.25) is 9.59 Å². The molecule has 132 valence electrons. The summed E-state index contributed by atoms with van der Waals surface area (Å²) in [6.45, 7) is 3.12. The van der Waals surface area contributed by atoms with Gasteiger partial charge in [0.05, 0.1) is 25.6 Å². The summed E-state index contributed by atoms with van der Waals surface area (Å²) in [5, 5.41) is 5.48. The molecule has 0 aliphatic heterocycles. The highest BCUT2D eigenvalue weighted by molar-refractivity contribution is 6.14. The normalized spacial score (nSPS) is 10.7. The van der Waals surface area contributed by atoms with Crippen molar-refractivity contribution in [2.45, 2.75) is 13.8 Å². The highest BCUT2D eigenvalue weighted by atomic mass is 16.5. The molecule has 2 rings (SSSR count). The Morgan fingerprint density at radius 3 is 1.48 bits per heavy atom. The quantitative estimate of drug-likeness (QED) is 0.790. The molecule has 6 heteroatoms. The third kappa shape index (κ3) is 4.09. The van der Waals surface area contributed by atoms with Gasteiger partial charge in [0.15, 0.2) is 0 Å². The predicted octanol–water partition coefficient (Wildman–Crippen LogP) is 3.31. The Labute approximate surface area is 147 Å². The Hall–Kier alpha value is -3.02. The van der Waals surface area contributed by atoms with Crippen LogP contribution >= 0.6 is 0 Å². The van der Waals surface area contributed by atoms with Crippen molar-refractivity contribution in [2.75, 3.05) is 24.9 Å². The number of nitrogens with one attached hydrogen (secondary N) is 2. The Kier molecular flexibility index (Phi) is 5.64. The Morgan fingerprint density at radius 2 is 1.12 bits per heavy atom. The molecule has 0 atom stereocenters. The first-order valence-electron chi connectivity index (χ1n) is 7.79. The van der Waals surface area contributed by atoms with Crippen LogP contribution < -0.4 is 20.1 Å². The minimum absolute atomic E-state index is 0.440. The van der Waals surface area contributed by atoms with E-state index in [-0.39, 0.29) is 0 Å². The molecule has 0 fully saturated rings. The first-order valence-corrected chi connectivity index (χ1v) is 7.79. The summed E-state index contributed by atoms with van der Waals surface area (Å²) in [5.41, 5.74) is -0.289. The van der Waals surface area contributed by atoms with E-state index in [1.165, 1.54) is 14.2 Å². The molecule has 6 nitrogen and oxygen atoms in total. The van der Waals surface area contributed by atoms with Crippen molar-refractivity contribution in [1.29, 1.82) is 0 Å². The van der Waals surface area contributed by atoms with Crippen molar-refractivity contribution < 1.29 is 19.1 Å². The number of carbonyl (C=O) groups excluding carboxylic acids is 2. The number of ether oxygens (including phenoxy) is 2. The van der Waals surface area contributed by atoms with E-state index in [4.69, 9.17) is 9.47 Å². The molecule has 0 spiro atoms. The van der Waals surface area contributed by atoms with Crippen molar-refractivity contribution in [3.05, 3.63) is 48.5 Å². The van der Waals surface area contributed by atoms with Crippen LogP contribution in [0.2, 0.25) is 0 Å². The fourth-order valence-electron chi connectivity index (χ4n) is 2.16. The third-order valence-electron chi connectivity index (χ3n) is 3.85. The number of anilines is 2. The monoisotopic (exact) mass is 342 g/mol. The van der Waals surface area contributed by atoms with E-state index in [2.05, 4.69) is 10.6 Å². The summed E-state index contributed by atoms with van der Waals surface area (Å²) >= 11 is 0. The van der Waals surface area contributed by atoms with Gasteiger partial charge < -0.3 is 20.1 Å². The highest BCUT2D eigenvalue weighted by Gasteiger charge is 2.36. The average Bonchev–Trinajstić information content (AvgIpc) is 2.62. The molecule has 0 bridgehead atoms. The summed E-state index contributed by atoms with van der Waals surface area (Å²) in [6, 6.07) is 14.0. The van der Waals surface area contributed by atoms with Crippen molar-refractivity contribution in [3.63, 3.8) is 0 Å². The zero-order valence-electron chi connectivity index (χ0n) is 14.8. The zero-order valence-corrected chi connectivity index (χ0v) is 14.8. The van der Waals surface area contributed by atoms with Crippen molar-refractivity contribution in [3.8, 4) is 11.5 Å². The average molecular weight is 342 g/mol. The van der Waals surface area contributed by atoms with Gasteiger partial charge in [0.2, 0.25) is 11.8 Å². The van der Waals surface area contributed by atoms with Gasteiger partial charge in [-0.05, 0) is 38.1 Å². The minimum atomic E-state index is -1.30. The molecule has 0 aromatic heterocycles. The number of amides is 2. The molecule has 2 aromatic rings. The molecular formula is C19H22N2O4. The number of benzene rings is 2. The molecule has 0 aliphatic carbocycles. The van der Waals surface area contributed by atoms with E-state index in [0.29, 0.717) is 22.9 Å². The second-order valence-electron chi connectivity index (χ2n) is 5.93. The Balaban J connectivity index is 2.16.